The highest BCUT2D eigenvalue weighted by Crippen LogP contribution is 2.37. The number of carboxylic acids is 1. The molecule has 0 aromatic heterocycles. The van der Waals surface area contributed by atoms with Crippen molar-refractivity contribution in [1.29, 1.82) is 0 Å². The van der Waals surface area contributed by atoms with Crippen LogP contribution in [-0.2, 0) is 11.4 Å². The first-order chi connectivity index (χ1) is 15.5. The van der Waals surface area contributed by atoms with E-state index in [1.165, 1.54) is 31.2 Å². The van der Waals surface area contributed by atoms with Crippen molar-refractivity contribution >= 4 is 34.4 Å². The zero-order chi connectivity index (χ0) is 24.2. The SMILES string of the molecule is CCC(C)(NC(=O)c1ccc2ccccc2c1OCc1ccc(SC(F)(F)F)cc1)C(=O)O. The summed E-state index contributed by atoms with van der Waals surface area (Å²) in [6.07, 6.45) is 0.181. The lowest BCUT2D eigenvalue weighted by Crippen LogP contribution is -2.51. The maximum Gasteiger partial charge on any atom is 0.446 e. The number of nitrogens with one attached hydrogen (secondary N) is 1. The standard InChI is InChI=1S/C24H22F3NO4S/c1-3-23(2,22(30)31)28-21(29)19-13-10-16-6-4-5-7-18(16)20(19)32-14-15-8-11-17(12-9-15)33-24(25,26)27/h4-13H,3,14H2,1-2H3,(H,28,29)(H,30,31). The van der Waals surface area contributed by atoms with Gasteiger partial charge in [-0.15, -0.1) is 0 Å². The molecule has 0 spiro atoms. The molecule has 5 nitrogen and oxygen atoms in total. The molecule has 1 amide bonds. The first-order valence-corrected chi connectivity index (χ1v) is 10.9. The van der Waals surface area contributed by atoms with Gasteiger partial charge in [0.25, 0.3) is 5.91 Å². The third kappa shape index (κ3) is 5.98. The van der Waals surface area contributed by atoms with E-state index >= 15 is 0 Å². The molecule has 3 aromatic rings. The second kappa shape index (κ2) is 9.74. The van der Waals surface area contributed by atoms with Crippen molar-refractivity contribution in [3.63, 3.8) is 0 Å². The van der Waals surface area contributed by atoms with E-state index in [1.54, 1.807) is 31.2 Å². The van der Waals surface area contributed by atoms with Gasteiger partial charge in [-0.05, 0) is 54.3 Å². The van der Waals surface area contributed by atoms with Crippen LogP contribution in [0, 0.1) is 0 Å². The molecule has 3 aromatic carbocycles. The molecule has 9 heteroatoms. The summed E-state index contributed by atoms with van der Waals surface area (Å²) in [5.41, 5.74) is -5.04. The highest BCUT2D eigenvalue weighted by Gasteiger charge is 2.34. The molecule has 2 N–H and O–H groups in total. The molecule has 1 atom stereocenters. The molecular formula is C24H22F3NO4S. The Morgan fingerprint density at radius 1 is 1.03 bits per heavy atom. The van der Waals surface area contributed by atoms with Gasteiger partial charge in [0.1, 0.15) is 17.9 Å². The number of halogens is 3. The van der Waals surface area contributed by atoms with Crippen LogP contribution in [0.15, 0.2) is 65.6 Å². The number of rotatable bonds is 8. The minimum Gasteiger partial charge on any atom is -0.487 e. The van der Waals surface area contributed by atoms with E-state index in [4.69, 9.17) is 4.74 Å². The zero-order valence-electron chi connectivity index (χ0n) is 17.9. The van der Waals surface area contributed by atoms with E-state index in [9.17, 15) is 27.9 Å². The molecule has 0 aliphatic rings. The van der Waals surface area contributed by atoms with Gasteiger partial charge in [-0.1, -0.05) is 49.4 Å². The highest BCUT2D eigenvalue weighted by molar-refractivity contribution is 8.00. The number of alkyl halides is 3. The highest BCUT2D eigenvalue weighted by atomic mass is 32.2. The van der Waals surface area contributed by atoms with Crippen molar-refractivity contribution in [3.8, 4) is 5.75 Å². The van der Waals surface area contributed by atoms with E-state index in [-0.39, 0.29) is 41.0 Å². The van der Waals surface area contributed by atoms with Gasteiger partial charge in [0, 0.05) is 10.3 Å². The Balaban J connectivity index is 1.89. The number of hydrogen-bond donors (Lipinski definition) is 2. The van der Waals surface area contributed by atoms with Crippen molar-refractivity contribution in [2.45, 2.75) is 42.8 Å². The van der Waals surface area contributed by atoms with Crippen LogP contribution >= 0.6 is 11.8 Å². The predicted molar refractivity (Wildman–Crippen MR) is 120 cm³/mol. The third-order valence-corrected chi connectivity index (χ3v) is 5.97. The van der Waals surface area contributed by atoms with Gasteiger partial charge in [0.05, 0.1) is 5.56 Å². The summed E-state index contributed by atoms with van der Waals surface area (Å²) in [7, 11) is 0. The molecule has 0 radical (unpaired) electrons. The molecule has 0 heterocycles. The van der Waals surface area contributed by atoms with E-state index in [1.807, 2.05) is 12.1 Å². The minimum atomic E-state index is -4.37. The molecule has 3 rings (SSSR count). The molecule has 33 heavy (non-hydrogen) atoms. The van der Waals surface area contributed by atoms with Crippen LogP contribution in [0.5, 0.6) is 5.75 Å². The van der Waals surface area contributed by atoms with Crippen molar-refractivity contribution in [1.82, 2.24) is 5.32 Å². The smallest absolute Gasteiger partial charge is 0.446 e. The zero-order valence-corrected chi connectivity index (χ0v) is 18.7. The Bertz CT molecular complexity index is 1160. The fraction of sp³-hybridized carbons (Fsp3) is 0.250. The van der Waals surface area contributed by atoms with Crippen LogP contribution in [0.4, 0.5) is 13.2 Å². The maximum atomic E-state index is 13.0. The number of fused-ring (bicyclic) bond motifs is 1. The fourth-order valence-corrected chi connectivity index (χ4v) is 3.67. The first kappa shape index (κ1) is 24.4. The first-order valence-electron chi connectivity index (χ1n) is 10.1. The molecule has 0 saturated carbocycles. The summed E-state index contributed by atoms with van der Waals surface area (Å²) >= 11 is -0.200. The van der Waals surface area contributed by atoms with E-state index in [0.717, 1.165) is 5.39 Å². The number of benzene rings is 3. The van der Waals surface area contributed by atoms with Crippen molar-refractivity contribution in [2.24, 2.45) is 0 Å². The number of amides is 1. The van der Waals surface area contributed by atoms with Crippen LogP contribution in [0.1, 0.15) is 36.2 Å². The Kier molecular flexibility index (Phi) is 7.22. The number of carbonyl (C=O) groups excluding carboxylic acids is 1. The lowest BCUT2D eigenvalue weighted by molar-refractivity contribution is -0.143. The quantitative estimate of drug-likeness (QED) is 0.389. The van der Waals surface area contributed by atoms with Crippen molar-refractivity contribution < 1.29 is 32.6 Å². The van der Waals surface area contributed by atoms with E-state index in [2.05, 4.69) is 5.32 Å². The van der Waals surface area contributed by atoms with Gasteiger partial charge >= 0.3 is 11.5 Å². The second-order valence-corrected chi connectivity index (χ2v) is 8.73. The van der Waals surface area contributed by atoms with E-state index in [0.29, 0.717) is 10.9 Å². The average molecular weight is 478 g/mol. The summed E-state index contributed by atoms with van der Waals surface area (Å²) in [6, 6.07) is 16.3. The number of ether oxygens (including phenoxy) is 1. The predicted octanol–water partition coefficient (Wildman–Crippen LogP) is 6.01. The van der Waals surface area contributed by atoms with Gasteiger partial charge in [0.15, 0.2) is 0 Å². The van der Waals surface area contributed by atoms with Gasteiger partial charge < -0.3 is 15.2 Å². The maximum absolute atomic E-state index is 13.0. The summed E-state index contributed by atoms with van der Waals surface area (Å²) in [5.74, 6) is -1.49. The summed E-state index contributed by atoms with van der Waals surface area (Å²) in [5, 5.41) is 13.5. The number of carboxylic acid groups (broad SMARTS) is 1. The Morgan fingerprint density at radius 2 is 1.70 bits per heavy atom. The Hall–Kier alpha value is -3.20. The third-order valence-electron chi connectivity index (χ3n) is 5.23. The molecular weight excluding hydrogens is 455 g/mol. The fourth-order valence-electron chi connectivity index (χ4n) is 3.13. The Morgan fingerprint density at radius 3 is 2.30 bits per heavy atom. The van der Waals surface area contributed by atoms with Crippen molar-refractivity contribution in [2.75, 3.05) is 0 Å². The van der Waals surface area contributed by atoms with Crippen LogP contribution in [0.25, 0.3) is 10.8 Å². The lowest BCUT2D eigenvalue weighted by atomic mass is 9.97. The van der Waals surface area contributed by atoms with Crippen LogP contribution in [0.3, 0.4) is 0 Å². The lowest BCUT2D eigenvalue weighted by Gasteiger charge is -2.25. The summed E-state index contributed by atoms with van der Waals surface area (Å²) in [4.78, 5) is 24.7. The van der Waals surface area contributed by atoms with Gasteiger partial charge in [-0.3, -0.25) is 4.79 Å². The number of thioether (sulfide) groups is 1. The topological polar surface area (TPSA) is 75.6 Å². The van der Waals surface area contributed by atoms with Crippen LogP contribution in [0.2, 0.25) is 0 Å². The number of carbonyl (C=O) groups is 2. The molecule has 174 valence electrons. The normalized spacial score (nSPS) is 13.4. The summed E-state index contributed by atoms with van der Waals surface area (Å²) in [6.45, 7) is 3.09. The van der Waals surface area contributed by atoms with Crippen LogP contribution in [-0.4, -0.2) is 28.0 Å². The Labute approximate surface area is 192 Å². The monoisotopic (exact) mass is 477 g/mol. The minimum absolute atomic E-state index is 0.00916. The average Bonchev–Trinajstić information content (AvgIpc) is 2.77. The molecule has 0 fully saturated rings. The summed E-state index contributed by atoms with van der Waals surface area (Å²) < 4.78 is 43.6. The van der Waals surface area contributed by atoms with E-state index < -0.39 is 22.9 Å². The number of hydrogen-bond acceptors (Lipinski definition) is 4. The molecule has 0 bridgehead atoms. The molecule has 0 saturated heterocycles. The largest absolute Gasteiger partial charge is 0.487 e. The van der Waals surface area contributed by atoms with Gasteiger partial charge in [-0.25, -0.2) is 4.79 Å². The van der Waals surface area contributed by atoms with Gasteiger partial charge in [0.2, 0.25) is 0 Å². The number of aliphatic carboxylic acids is 1. The van der Waals surface area contributed by atoms with Crippen molar-refractivity contribution in [3.05, 3.63) is 71.8 Å². The molecule has 1 unspecified atom stereocenters. The molecule has 0 aliphatic carbocycles. The van der Waals surface area contributed by atoms with Crippen LogP contribution < -0.4 is 10.1 Å². The second-order valence-electron chi connectivity index (χ2n) is 7.59. The molecule has 0 aliphatic heterocycles. The van der Waals surface area contributed by atoms with Gasteiger partial charge in [-0.2, -0.15) is 13.2 Å².